The number of hydrogen-bond acceptors (Lipinski definition) is 3. The van der Waals surface area contributed by atoms with Gasteiger partial charge in [0.15, 0.2) is 4.73 Å². The van der Waals surface area contributed by atoms with Crippen molar-refractivity contribution in [1.82, 2.24) is 24.6 Å². The minimum atomic E-state index is -0.293. The molecule has 0 aliphatic carbocycles. The molecule has 0 saturated heterocycles. The van der Waals surface area contributed by atoms with Gasteiger partial charge in [-0.25, -0.2) is 9.37 Å². The summed E-state index contributed by atoms with van der Waals surface area (Å²) < 4.78 is 17.0. The Labute approximate surface area is 152 Å². The second kappa shape index (κ2) is 7.18. The molecule has 0 aliphatic heterocycles. The largest absolute Gasteiger partial charge is 0.347 e. The summed E-state index contributed by atoms with van der Waals surface area (Å²) in [6, 6.07) is 6.15. The zero-order chi connectivity index (χ0) is 18.0. The van der Waals surface area contributed by atoms with Crippen LogP contribution in [0.1, 0.15) is 27.3 Å². The molecular formula is C17H17BrFN5O. The van der Waals surface area contributed by atoms with Crippen molar-refractivity contribution in [1.29, 1.82) is 0 Å². The SMILES string of the molecule is Cc1nn(C)cc1CNC(=O)c1cnc(Br)n1Cc1ccc(F)cc1. The molecular weight excluding hydrogens is 389 g/mol. The Morgan fingerprint density at radius 1 is 1.32 bits per heavy atom. The van der Waals surface area contributed by atoms with E-state index in [4.69, 9.17) is 0 Å². The average Bonchev–Trinajstić information content (AvgIpc) is 3.09. The number of nitrogens with zero attached hydrogens (tertiary/aromatic N) is 4. The Bertz CT molecular complexity index is 900. The summed E-state index contributed by atoms with van der Waals surface area (Å²) in [5, 5.41) is 7.14. The fraction of sp³-hybridized carbons (Fsp3) is 0.235. The summed E-state index contributed by atoms with van der Waals surface area (Å²) >= 11 is 3.35. The van der Waals surface area contributed by atoms with Gasteiger partial charge in [0, 0.05) is 25.4 Å². The van der Waals surface area contributed by atoms with E-state index in [0.29, 0.717) is 23.5 Å². The third-order valence-electron chi connectivity index (χ3n) is 3.85. The van der Waals surface area contributed by atoms with Crippen LogP contribution in [-0.4, -0.2) is 25.2 Å². The van der Waals surface area contributed by atoms with Crippen LogP contribution in [0.25, 0.3) is 0 Å². The summed E-state index contributed by atoms with van der Waals surface area (Å²) in [6.45, 7) is 2.70. The molecule has 1 amide bonds. The van der Waals surface area contributed by atoms with E-state index in [1.165, 1.54) is 18.3 Å². The summed E-state index contributed by atoms with van der Waals surface area (Å²) in [4.78, 5) is 16.7. The fourth-order valence-corrected chi connectivity index (χ4v) is 2.96. The van der Waals surface area contributed by atoms with Gasteiger partial charge in [0.2, 0.25) is 0 Å². The molecule has 3 aromatic rings. The molecule has 0 unspecified atom stereocenters. The molecule has 1 aromatic carbocycles. The van der Waals surface area contributed by atoms with Crippen LogP contribution in [0.2, 0.25) is 0 Å². The Morgan fingerprint density at radius 2 is 2.04 bits per heavy atom. The van der Waals surface area contributed by atoms with E-state index in [9.17, 15) is 9.18 Å². The molecule has 0 fully saturated rings. The second-order valence-electron chi connectivity index (χ2n) is 5.72. The van der Waals surface area contributed by atoms with Gasteiger partial charge in [-0.3, -0.25) is 9.48 Å². The molecule has 0 radical (unpaired) electrons. The number of hydrogen-bond donors (Lipinski definition) is 1. The van der Waals surface area contributed by atoms with E-state index in [1.807, 2.05) is 20.2 Å². The lowest BCUT2D eigenvalue weighted by Gasteiger charge is -2.10. The number of benzene rings is 1. The molecule has 3 rings (SSSR count). The minimum absolute atomic E-state index is 0.233. The Kier molecular flexibility index (Phi) is 4.98. The zero-order valence-corrected chi connectivity index (χ0v) is 15.4. The van der Waals surface area contributed by atoms with E-state index < -0.39 is 0 Å². The smallest absolute Gasteiger partial charge is 0.269 e. The quantitative estimate of drug-likeness (QED) is 0.709. The van der Waals surface area contributed by atoms with Crippen LogP contribution in [0.15, 0.2) is 41.4 Å². The van der Waals surface area contributed by atoms with Crippen molar-refractivity contribution < 1.29 is 9.18 Å². The molecule has 130 valence electrons. The number of nitrogens with one attached hydrogen (secondary N) is 1. The van der Waals surface area contributed by atoms with Crippen molar-refractivity contribution in [2.75, 3.05) is 0 Å². The molecule has 8 heteroatoms. The van der Waals surface area contributed by atoms with Crippen molar-refractivity contribution in [2.24, 2.45) is 7.05 Å². The van der Waals surface area contributed by atoms with Gasteiger partial charge < -0.3 is 9.88 Å². The summed E-state index contributed by atoms with van der Waals surface area (Å²) in [5.74, 6) is -0.526. The monoisotopic (exact) mass is 405 g/mol. The average molecular weight is 406 g/mol. The number of halogens is 2. The summed E-state index contributed by atoms with van der Waals surface area (Å²) in [5.41, 5.74) is 3.14. The van der Waals surface area contributed by atoms with Gasteiger partial charge >= 0.3 is 0 Å². The normalized spacial score (nSPS) is 10.9. The maximum Gasteiger partial charge on any atom is 0.269 e. The molecule has 0 atom stereocenters. The third kappa shape index (κ3) is 3.96. The summed E-state index contributed by atoms with van der Waals surface area (Å²) in [7, 11) is 1.84. The van der Waals surface area contributed by atoms with E-state index >= 15 is 0 Å². The van der Waals surface area contributed by atoms with Gasteiger partial charge in [-0.05, 0) is 40.5 Å². The van der Waals surface area contributed by atoms with Gasteiger partial charge in [0.05, 0.1) is 18.4 Å². The van der Waals surface area contributed by atoms with E-state index in [2.05, 4.69) is 31.3 Å². The first-order chi connectivity index (χ1) is 11.9. The van der Waals surface area contributed by atoms with Gasteiger partial charge in [-0.2, -0.15) is 5.10 Å². The summed E-state index contributed by atoms with van der Waals surface area (Å²) in [6.07, 6.45) is 3.39. The van der Waals surface area contributed by atoms with Crippen molar-refractivity contribution in [3.63, 3.8) is 0 Å². The highest BCUT2D eigenvalue weighted by Crippen LogP contribution is 2.16. The Balaban J connectivity index is 1.74. The first-order valence-electron chi connectivity index (χ1n) is 7.67. The van der Waals surface area contributed by atoms with E-state index in [1.54, 1.807) is 21.4 Å². The van der Waals surface area contributed by atoms with Gasteiger partial charge in [0.1, 0.15) is 11.5 Å². The number of carbonyl (C=O) groups excluding carboxylic acids is 1. The highest BCUT2D eigenvalue weighted by molar-refractivity contribution is 9.10. The number of carbonyl (C=O) groups is 1. The lowest BCUT2D eigenvalue weighted by Crippen LogP contribution is -2.26. The Morgan fingerprint density at radius 3 is 2.68 bits per heavy atom. The maximum absolute atomic E-state index is 13.0. The highest BCUT2D eigenvalue weighted by atomic mass is 79.9. The lowest BCUT2D eigenvalue weighted by atomic mass is 10.2. The van der Waals surface area contributed by atoms with Crippen LogP contribution in [0.5, 0.6) is 0 Å². The maximum atomic E-state index is 13.0. The highest BCUT2D eigenvalue weighted by Gasteiger charge is 2.16. The minimum Gasteiger partial charge on any atom is -0.347 e. The van der Waals surface area contributed by atoms with Crippen LogP contribution >= 0.6 is 15.9 Å². The molecule has 0 aliphatic rings. The van der Waals surface area contributed by atoms with Crippen molar-refractivity contribution >= 4 is 21.8 Å². The van der Waals surface area contributed by atoms with Crippen LogP contribution in [-0.2, 0) is 20.1 Å². The Hall–Kier alpha value is -2.48. The molecule has 1 N–H and O–H groups in total. The van der Waals surface area contributed by atoms with Crippen molar-refractivity contribution in [3.8, 4) is 0 Å². The standard InChI is InChI=1S/C17H17BrFN5O/c1-11-13(10-23(2)22-11)7-20-16(25)15-8-21-17(18)24(15)9-12-3-5-14(19)6-4-12/h3-6,8,10H,7,9H2,1-2H3,(H,20,25). The predicted molar refractivity (Wildman–Crippen MR) is 94.5 cm³/mol. The van der Waals surface area contributed by atoms with Crippen molar-refractivity contribution in [2.45, 2.75) is 20.0 Å². The third-order valence-corrected chi connectivity index (χ3v) is 4.48. The topological polar surface area (TPSA) is 64.7 Å². The van der Waals surface area contributed by atoms with Gasteiger partial charge in [-0.1, -0.05) is 12.1 Å². The number of imidazole rings is 1. The van der Waals surface area contributed by atoms with Crippen LogP contribution in [0, 0.1) is 12.7 Å². The number of aryl methyl sites for hydroxylation is 2. The molecule has 0 bridgehead atoms. The molecule has 25 heavy (non-hydrogen) atoms. The first kappa shape index (κ1) is 17.3. The van der Waals surface area contributed by atoms with Gasteiger partial charge in [0.25, 0.3) is 5.91 Å². The molecule has 0 saturated carbocycles. The predicted octanol–water partition coefficient (Wildman–Crippen LogP) is 2.80. The van der Waals surface area contributed by atoms with Gasteiger partial charge in [-0.15, -0.1) is 0 Å². The molecule has 2 heterocycles. The fourth-order valence-electron chi connectivity index (χ4n) is 2.55. The molecule has 6 nitrogen and oxygen atoms in total. The van der Waals surface area contributed by atoms with Crippen LogP contribution in [0.4, 0.5) is 4.39 Å². The van der Waals surface area contributed by atoms with E-state index in [-0.39, 0.29) is 11.7 Å². The zero-order valence-electron chi connectivity index (χ0n) is 13.8. The molecule has 2 aromatic heterocycles. The number of amides is 1. The number of rotatable bonds is 5. The van der Waals surface area contributed by atoms with Crippen molar-refractivity contribution in [3.05, 3.63) is 69.7 Å². The number of aromatic nitrogens is 4. The van der Waals surface area contributed by atoms with Crippen LogP contribution < -0.4 is 5.32 Å². The molecule has 0 spiro atoms. The first-order valence-corrected chi connectivity index (χ1v) is 8.46. The van der Waals surface area contributed by atoms with E-state index in [0.717, 1.165) is 16.8 Å². The second-order valence-corrected chi connectivity index (χ2v) is 6.43. The van der Waals surface area contributed by atoms with Crippen LogP contribution in [0.3, 0.4) is 0 Å². The lowest BCUT2D eigenvalue weighted by molar-refractivity contribution is 0.0941.